The Labute approximate surface area is 111 Å². The van der Waals surface area contributed by atoms with Gasteiger partial charge in [-0.25, -0.2) is 9.97 Å². The van der Waals surface area contributed by atoms with Gasteiger partial charge in [-0.2, -0.15) is 0 Å². The van der Waals surface area contributed by atoms with Gasteiger partial charge in [0.2, 0.25) is 11.2 Å². The molecule has 18 heavy (non-hydrogen) atoms. The van der Waals surface area contributed by atoms with Crippen molar-refractivity contribution in [3.63, 3.8) is 0 Å². The summed E-state index contributed by atoms with van der Waals surface area (Å²) in [5.74, 6) is 0.407. The quantitative estimate of drug-likeness (QED) is 0.826. The van der Waals surface area contributed by atoms with Crippen LogP contribution in [0.3, 0.4) is 0 Å². The second-order valence-electron chi connectivity index (χ2n) is 4.81. The third-order valence-corrected chi connectivity index (χ3v) is 3.56. The van der Waals surface area contributed by atoms with Crippen LogP contribution in [-0.4, -0.2) is 28.5 Å². The summed E-state index contributed by atoms with van der Waals surface area (Å²) >= 11 is 5.88. The van der Waals surface area contributed by atoms with E-state index in [0.717, 1.165) is 24.4 Å². The fourth-order valence-electron chi connectivity index (χ4n) is 2.32. The van der Waals surface area contributed by atoms with Gasteiger partial charge in [-0.15, -0.1) is 0 Å². The van der Waals surface area contributed by atoms with Crippen LogP contribution < -0.4 is 10.6 Å². The number of carbonyl (C=O) groups excluding carboxylic acids is 1. The Balaban J connectivity index is 2.26. The number of carbonyl (C=O) groups is 1. The molecule has 2 unspecified atom stereocenters. The van der Waals surface area contributed by atoms with E-state index >= 15 is 0 Å². The Kier molecular flexibility index (Phi) is 3.71. The van der Waals surface area contributed by atoms with Crippen molar-refractivity contribution in [1.82, 2.24) is 9.97 Å². The molecule has 0 aliphatic carbocycles. The summed E-state index contributed by atoms with van der Waals surface area (Å²) in [7, 11) is 0. The summed E-state index contributed by atoms with van der Waals surface area (Å²) in [4.78, 5) is 21.7. The van der Waals surface area contributed by atoms with Crippen molar-refractivity contribution < 1.29 is 4.79 Å². The molecule has 1 aromatic rings. The topological polar surface area (TPSA) is 72.1 Å². The number of nitrogens with two attached hydrogens (primary N) is 1. The van der Waals surface area contributed by atoms with E-state index in [-0.39, 0.29) is 17.1 Å². The van der Waals surface area contributed by atoms with E-state index < -0.39 is 0 Å². The normalized spacial score (nSPS) is 24.1. The number of aromatic nitrogens is 2. The van der Waals surface area contributed by atoms with Gasteiger partial charge in [0.1, 0.15) is 5.82 Å². The van der Waals surface area contributed by atoms with Crippen molar-refractivity contribution in [2.45, 2.75) is 32.7 Å². The lowest BCUT2D eigenvalue weighted by molar-refractivity contribution is -0.122. The number of amides is 1. The second-order valence-corrected chi connectivity index (χ2v) is 5.15. The summed E-state index contributed by atoms with van der Waals surface area (Å²) in [6.07, 6.45) is 1.76. The fraction of sp³-hybridized carbons (Fsp3) is 0.583. The number of primary amides is 1. The molecular weight excluding hydrogens is 252 g/mol. The summed E-state index contributed by atoms with van der Waals surface area (Å²) in [5, 5.41) is 0.235. The van der Waals surface area contributed by atoms with E-state index in [1.54, 1.807) is 0 Å². The van der Waals surface area contributed by atoms with Crippen LogP contribution in [0.25, 0.3) is 0 Å². The highest BCUT2D eigenvalue weighted by Crippen LogP contribution is 2.27. The first-order valence-corrected chi connectivity index (χ1v) is 6.42. The first-order chi connectivity index (χ1) is 8.47. The summed E-state index contributed by atoms with van der Waals surface area (Å²) in [6.45, 7) is 4.59. The Morgan fingerprint density at radius 3 is 2.83 bits per heavy atom. The zero-order valence-electron chi connectivity index (χ0n) is 10.6. The van der Waals surface area contributed by atoms with E-state index in [0.29, 0.717) is 12.6 Å². The van der Waals surface area contributed by atoms with Gasteiger partial charge in [0.25, 0.3) is 0 Å². The van der Waals surface area contributed by atoms with Crippen LogP contribution in [0.2, 0.25) is 5.28 Å². The molecule has 1 saturated heterocycles. The number of piperidine rings is 1. The van der Waals surface area contributed by atoms with Crippen LogP contribution in [0, 0.1) is 12.8 Å². The Morgan fingerprint density at radius 2 is 2.22 bits per heavy atom. The van der Waals surface area contributed by atoms with Crippen molar-refractivity contribution in [1.29, 1.82) is 0 Å². The molecule has 2 heterocycles. The minimum absolute atomic E-state index is 0.116. The molecule has 1 aliphatic rings. The van der Waals surface area contributed by atoms with Gasteiger partial charge in [-0.05, 0) is 38.3 Å². The Bertz CT molecular complexity index is 445. The van der Waals surface area contributed by atoms with Crippen LogP contribution in [0.5, 0.6) is 0 Å². The SMILES string of the molecule is Cc1cc(N2CC(C(N)=O)CCC2C)nc(Cl)n1. The number of anilines is 1. The number of nitrogens with zero attached hydrogens (tertiary/aromatic N) is 3. The van der Waals surface area contributed by atoms with Crippen LogP contribution in [0.15, 0.2) is 6.07 Å². The lowest BCUT2D eigenvalue weighted by Gasteiger charge is -2.37. The van der Waals surface area contributed by atoms with Crippen molar-refractivity contribution in [3.05, 3.63) is 17.0 Å². The van der Waals surface area contributed by atoms with E-state index in [1.807, 2.05) is 13.0 Å². The monoisotopic (exact) mass is 268 g/mol. The molecular formula is C12H17ClN4O. The molecule has 0 aromatic carbocycles. The van der Waals surface area contributed by atoms with Gasteiger partial charge in [-0.3, -0.25) is 4.79 Å². The Hall–Kier alpha value is -1.36. The maximum atomic E-state index is 11.3. The highest BCUT2D eigenvalue weighted by molar-refractivity contribution is 6.28. The average molecular weight is 269 g/mol. The van der Waals surface area contributed by atoms with Gasteiger partial charge in [0.05, 0.1) is 5.92 Å². The molecule has 1 aliphatic heterocycles. The zero-order chi connectivity index (χ0) is 13.3. The Morgan fingerprint density at radius 1 is 1.50 bits per heavy atom. The smallest absolute Gasteiger partial charge is 0.224 e. The van der Waals surface area contributed by atoms with Crippen LogP contribution >= 0.6 is 11.6 Å². The standard InChI is InChI=1S/C12H17ClN4O/c1-7-5-10(16-12(13)15-7)17-6-9(11(14)18)4-3-8(17)2/h5,8-9H,3-4,6H2,1-2H3,(H2,14,18). The molecule has 0 spiro atoms. The van der Waals surface area contributed by atoms with Gasteiger partial charge < -0.3 is 10.6 Å². The lowest BCUT2D eigenvalue weighted by Crippen LogP contribution is -2.46. The van der Waals surface area contributed by atoms with Gasteiger partial charge in [0, 0.05) is 24.3 Å². The predicted octanol–water partition coefficient (Wildman–Crippen LogP) is 1.53. The molecule has 0 radical (unpaired) electrons. The fourth-order valence-corrected chi connectivity index (χ4v) is 2.54. The first-order valence-electron chi connectivity index (χ1n) is 6.04. The summed E-state index contributed by atoms with van der Waals surface area (Å²) in [6, 6.07) is 2.21. The number of halogens is 1. The van der Waals surface area contributed by atoms with E-state index in [2.05, 4.69) is 21.8 Å². The molecule has 2 rings (SSSR count). The average Bonchev–Trinajstić information content (AvgIpc) is 2.27. The number of hydrogen-bond donors (Lipinski definition) is 1. The minimum Gasteiger partial charge on any atom is -0.369 e. The van der Waals surface area contributed by atoms with Crippen LogP contribution in [0.4, 0.5) is 5.82 Å². The third-order valence-electron chi connectivity index (χ3n) is 3.39. The maximum absolute atomic E-state index is 11.3. The molecule has 6 heteroatoms. The summed E-state index contributed by atoms with van der Waals surface area (Å²) < 4.78 is 0. The molecule has 1 fully saturated rings. The second kappa shape index (κ2) is 5.10. The van der Waals surface area contributed by atoms with Crippen molar-refractivity contribution in [2.24, 2.45) is 11.7 Å². The van der Waals surface area contributed by atoms with Crippen molar-refractivity contribution in [2.75, 3.05) is 11.4 Å². The molecule has 2 N–H and O–H groups in total. The van der Waals surface area contributed by atoms with Gasteiger partial charge in [-0.1, -0.05) is 0 Å². The minimum atomic E-state index is -0.247. The highest BCUT2D eigenvalue weighted by atomic mass is 35.5. The van der Waals surface area contributed by atoms with Crippen molar-refractivity contribution >= 4 is 23.3 Å². The predicted molar refractivity (Wildman–Crippen MR) is 70.5 cm³/mol. The van der Waals surface area contributed by atoms with E-state index in [1.165, 1.54) is 0 Å². The maximum Gasteiger partial charge on any atom is 0.224 e. The van der Waals surface area contributed by atoms with Crippen LogP contribution in [0.1, 0.15) is 25.5 Å². The lowest BCUT2D eigenvalue weighted by atomic mass is 9.93. The molecule has 98 valence electrons. The first kappa shape index (κ1) is 13.1. The molecule has 1 aromatic heterocycles. The molecule has 2 atom stereocenters. The van der Waals surface area contributed by atoms with Crippen LogP contribution in [-0.2, 0) is 4.79 Å². The van der Waals surface area contributed by atoms with Gasteiger partial charge >= 0.3 is 0 Å². The number of hydrogen-bond acceptors (Lipinski definition) is 4. The third kappa shape index (κ3) is 2.72. The molecule has 0 saturated carbocycles. The zero-order valence-corrected chi connectivity index (χ0v) is 11.3. The highest BCUT2D eigenvalue weighted by Gasteiger charge is 2.29. The molecule has 5 nitrogen and oxygen atoms in total. The summed E-state index contributed by atoms with van der Waals surface area (Å²) in [5.41, 5.74) is 6.21. The molecule has 1 amide bonds. The van der Waals surface area contributed by atoms with E-state index in [4.69, 9.17) is 17.3 Å². The molecule has 0 bridgehead atoms. The number of rotatable bonds is 2. The largest absolute Gasteiger partial charge is 0.369 e. The van der Waals surface area contributed by atoms with E-state index in [9.17, 15) is 4.79 Å². The van der Waals surface area contributed by atoms with Crippen molar-refractivity contribution in [3.8, 4) is 0 Å². The van der Waals surface area contributed by atoms with Gasteiger partial charge in [0.15, 0.2) is 0 Å². The number of aryl methyl sites for hydroxylation is 1.